The molecule has 0 heterocycles. The second kappa shape index (κ2) is 7.43. The van der Waals surface area contributed by atoms with Crippen LogP contribution in [0.25, 0.3) is 0 Å². The number of nitrogens with zero attached hydrogens (tertiary/aromatic N) is 1. The molecule has 0 aliphatic heterocycles. The highest BCUT2D eigenvalue weighted by Crippen LogP contribution is 2.59. The average molecular weight is 368 g/mol. The van der Waals surface area contributed by atoms with Crippen molar-refractivity contribution in [3.63, 3.8) is 0 Å². The van der Waals surface area contributed by atoms with Crippen LogP contribution in [0.3, 0.4) is 0 Å². The van der Waals surface area contributed by atoms with E-state index in [1.165, 1.54) is 22.3 Å². The maximum Gasteiger partial charge on any atom is 0.244 e. The summed E-state index contributed by atoms with van der Waals surface area (Å²) < 4.78 is 0. The van der Waals surface area contributed by atoms with E-state index in [9.17, 15) is 4.79 Å². The molecule has 3 nitrogen and oxygen atoms in total. The first-order valence-electron chi connectivity index (χ1n) is 9.62. The lowest BCUT2D eigenvalue weighted by Gasteiger charge is -2.19. The van der Waals surface area contributed by atoms with Gasteiger partial charge in [0.1, 0.15) is 0 Å². The van der Waals surface area contributed by atoms with Crippen LogP contribution in [-0.4, -0.2) is 12.1 Å². The lowest BCUT2D eigenvalue weighted by Crippen LogP contribution is -2.25. The molecule has 0 bridgehead atoms. The number of rotatable bonds is 5. The fourth-order valence-electron chi connectivity index (χ4n) is 3.87. The molecule has 140 valence electrons. The van der Waals surface area contributed by atoms with Crippen molar-refractivity contribution in [1.82, 2.24) is 5.43 Å². The molecule has 1 aliphatic rings. The summed E-state index contributed by atoms with van der Waals surface area (Å²) in [7, 11) is 0. The van der Waals surface area contributed by atoms with Crippen molar-refractivity contribution >= 4 is 12.1 Å². The van der Waals surface area contributed by atoms with E-state index in [0.29, 0.717) is 0 Å². The minimum absolute atomic E-state index is 0.0340. The van der Waals surface area contributed by atoms with Crippen molar-refractivity contribution in [2.24, 2.45) is 11.0 Å². The summed E-state index contributed by atoms with van der Waals surface area (Å²) in [5.74, 6) is -0.154. The van der Waals surface area contributed by atoms with E-state index in [1.54, 1.807) is 6.21 Å². The predicted octanol–water partition coefficient (Wildman–Crippen LogP) is 4.76. The Hall–Kier alpha value is -3.20. The van der Waals surface area contributed by atoms with E-state index in [1.807, 2.05) is 30.3 Å². The average Bonchev–Trinajstić information content (AvgIpc) is 3.47. The minimum Gasteiger partial charge on any atom is -0.273 e. The third-order valence-corrected chi connectivity index (χ3v) is 5.60. The van der Waals surface area contributed by atoms with Crippen molar-refractivity contribution in [3.8, 4) is 0 Å². The molecule has 0 aromatic heterocycles. The molecule has 0 radical (unpaired) electrons. The molecule has 4 rings (SSSR count). The van der Waals surface area contributed by atoms with Crippen LogP contribution in [0.2, 0.25) is 0 Å². The zero-order valence-electron chi connectivity index (χ0n) is 16.2. The first kappa shape index (κ1) is 18.2. The molecular formula is C25H24N2O. The number of benzene rings is 3. The van der Waals surface area contributed by atoms with Gasteiger partial charge >= 0.3 is 0 Å². The smallest absolute Gasteiger partial charge is 0.244 e. The van der Waals surface area contributed by atoms with Gasteiger partial charge in [-0.3, -0.25) is 4.79 Å². The minimum atomic E-state index is -0.270. The number of carbonyl (C=O) groups excluding carboxylic acids is 1. The Morgan fingerprint density at radius 1 is 0.893 bits per heavy atom. The van der Waals surface area contributed by atoms with Crippen LogP contribution in [-0.2, 0) is 10.2 Å². The molecule has 28 heavy (non-hydrogen) atoms. The van der Waals surface area contributed by atoms with Gasteiger partial charge in [-0.25, -0.2) is 5.43 Å². The van der Waals surface area contributed by atoms with Crippen LogP contribution in [0.5, 0.6) is 0 Å². The van der Waals surface area contributed by atoms with Crippen LogP contribution in [0.1, 0.15) is 34.2 Å². The summed E-state index contributed by atoms with van der Waals surface area (Å²) >= 11 is 0. The van der Waals surface area contributed by atoms with Crippen molar-refractivity contribution in [3.05, 3.63) is 107 Å². The molecule has 0 saturated heterocycles. The van der Waals surface area contributed by atoms with E-state index in [0.717, 1.165) is 12.0 Å². The SMILES string of the molecule is Cc1ccc(C2(c3ccc(C)cc3)C[C@@H]2C(=O)NN=Cc2ccccc2)cc1. The summed E-state index contributed by atoms with van der Waals surface area (Å²) in [5, 5.41) is 4.16. The standard InChI is InChI=1S/C25H24N2O/c1-18-8-12-21(13-9-18)25(22-14-10-19(2)11-15-22)16-23(25)24(28)27-26-17-20-6-4-3-5-7-20/h3-15,17,23H,16H2,1-2H3,(H,27,28)/t23-/m1/s1. The fourth-order valence-corrected chi connectivity index (χ4v) is 3.87. The fraction of sp³-hybridized carbons (Fsp3) is 0.200. The number of hydrazone groups is 1. The maximum absolute atomic E-state index is 12.9. The van der Waals surface area contributed by atoms with Crippen molar-refractivity contribution < 1.29 is 4.79 Å². The van der Waals surface area contributed by atoms with Crippen molar-refractivity contribution in [2.45, 2.75) is 25.7 Å². The Bertz CT molecular complexity index is 943. The van der Waals surface area contributed by atoms with E-state index in [2.05, 4.69) is 72.9 Å². The normalized spacial score (nSPS) is 17.4. The van der Waals surface area contributed by atoms with Gasteiger partial charge in [-0.15, -0.1) is 0 Å². The first-order valence-corrected chi connectivity index (χ1v) is 9.62. The topological polar surface area (TPSA) is 41.5 Å². The predicted molar refractivity (Wildman–Crippen MR) is 113 cm³/mol. The zero-order valence-corrected chi connectivity index (χ0v) is 16.2. The van der Waals surface area contributed by atoms with Gasteiger partial charge in [0, 0.05) is 5.41 Å². The van der Waals surface area contributed by atoms with Crippen LogP contribution in [0.15, 0.2) is 84.0 Å². The third kappa shape index (κ3) is 3.48. The molecule has 3 aromatic rings. The summed E-state index contributed by atoms with van der Waals surface area (Å²) in [6.07, 6.45) is 2.48. The molecule has 3 aromatic carbocycles. The Balaban J connectivity index is 1.58. The lowest BCUT2D eigenvalue weighted by molar-refractivity contribution is -0.122. The van der Waals surface area contributed by atoms with Crippen LogP contribution in [0, 0.1) is 19.8 Å². The molecule has 0 spiro atoms. The van der Waals surface area contributed by atoms with E-state index in [-0.39, 0.29) is 17.2 Å². The van der Waals surface area contributed by atoms with Gasteiger partial charge in [0.25, 0.3) is 0 Å². The molecule has 3 heteroatoms. The lowest BCUT2D eigenvalue weighted by atomic mass is 9.85. The number of aryl methyl sites for hydroxylation is 2. The molecular weight excluding hydrogens is 344 g/mol. The molecule has 0 unspecified atom stereocenters. The number of amides is 1. The highest BCUT2D eigenvalue weighted by molar-refractivity contribution is 5.87. The van der Waals surface area contributed by atoms with Gasteiger partial charge in [0.2, 0.25) is 5.91 Å². The monoisotopic (exact) mass is 368 g/mol. The Morgan fingerprint density at radius 2 is 1.43 bits per heavy atom. The van der Waals surface area contributed by atoms with Gasteiger partial charge in [-0.1, -0.05) is 90.0 Å². The zero-order chi connectivity index (χ0) is 19.6. The van der Waals surface area contributed by atoms with Gasteiger partial charge < -0.3 is 0 Å². The summed E-state index contributed by atoms with van der Waals surface area (Å²) in [6, 6.07) is 26.8. The number of hydrogen-bond acceptors (Lipinski definition) is 2. The first-order chi connectivity index (χ1) is 13.6. The van der Waals surface area contributed by atoms with Crippen LogP contribution >= 0.6 is 0 Å². The van der Waals surface area contributed by atoms with E-state index in [4.69, 9.17) is 0 Å². The van der Waals surface area contributed by atoms with Crippen molar-refractivity contribution in [2.75, 3.05) is 0 Å². The summed E-state index contributed by atoms with van der Waals surface area (Å²) in [5.41, 5.74) is 8.25. The van der Waals surface area contributed by atoms with Gasteiger partial charge in [0.15, 0.2) is 0 Å². The molecule has 1 amide bonds. The highest BCUT2D eigenvalue weighted by atomic mass is 16.2. The number of nitrogens with one attached hydrogen (secondary N) is 1. The Labute approximate surface area is 166 Å². The Kier molecular flexibility index (Phi) is 4.82. The van der Waals surface area contributed by atoms with Crippen molar-refractivity contribution in [1.29, 1.82) is 0 Å². The van der Waals surface area contributed by atoms with Gasteiger partial charge in [-0.2, -0.15) is 5.10 Å². The van der Waals surface area contributed by atoms with Crippen LogP contribution < -0.4 is 5.43 Å². The number of hydrogen-bond donors (Lipinski definition) is 1. The largest absolute Gasteiger partial charge is 0.273 e. The van der Waals surface area contributed by atoms with Gasteiger partial charge in [-0.05, 0) is 37.0 Å². The second-order valence-corrected chi connectivity index (χ2v) is 7.61. The maximum atomic E-state index is 12.9. The van der Waals surface area contributed by atoms with E-state index >= 15 is 0 Å². The number of carbonyl (C=O) groups is 1. The van der Waals surface area contributed by atoms with E-state index < -0.39 is 0 Å². The third-order valence-electron chi connectivity index (χ3n) is 5.60. The second-order valence-electron chi connectivity index (χ2n) is 7.61. The highest BCUT2D eigenvalue weighted by Gasteiger charge is 2.60. The quantitative estimate of drug-likeness (QED) is 0.512. The Morgan fingerprint density at radius 3 is 1.96 bits per heavy atom. The van der Waals surface area contributed by atoms with Crippen LogP contribution in [0.4, 0.5) is 0 Å². The van der Waals surface area contributed by atoms with Gasteiger partial charge in [0.05, 0.1) is 12.1 Å². The molecule has 1 saturated carbocycles. The molecule has 1 aliphatic carbocycles. The molecule has 1 fully saturated rings. The molecule has 1 atom stereocenters. The molecule has 1 N–H and O–H groups in total. The summed E-state index contributed by atoms with van der Waals surface area (Å²) in [4.78, 5) is 12.9. The summed E-state index contributed by atoms with van der Waals surface area (Å²) in [6.45, 7) is 4.16.